The Kier molecular flexibility index (Phi) is 6.41. The summed E-state index contributed by atoms with van der Waals surface area (Å²) in [5.41, 5.74) is 0.908. The highest BCUT2D eigenvalue weighted by Gasteiger charge is 2.38. The number of anilines is 1. The van der Waals surface area contributed by atoms with Gasteiger partial charge in [-0.3, -0.25) is 9.59 Å². The van der Waals surface area contributed by atoms with Gasteiger partial charge in [0.1, 0.15) is 11.5 Å². The molecule has 0 aromatic heterocycles. The van der Waals surface area contributed by atoms with Gasteiger partial charge in [-0.25, -0.2) is 4.90 Å². The number of rotatable bonds is 7. The van der Waals surface area contributed by atoms with E-state index in [1.165, 1.54) is 35.5 Å². The van der Waals surface area contributed by atoms with E-state index in [4.69, 9.17) is 23.7 Å². The second-order valence-corrected chi connectivity index (χ2v) is 6.97. The van der Waals surface area contributed by atoms with Crippen molar-refractivity contribution in [1.29, 1.82) is 0 Å². The Morgan fingerprint density at radius 3 is 2.10 bits per heavy atom. The summed E-state index contributed by atoms with van der Waals surface area (Å²) in [6.07, 6.45) is 1.59. The van der Waals surface area contributed by atoms with Crippen molar-refractivity contribution in [1.82, 2.24) is 0 Å². The Hall–Kier alpha value is -3.33. The molecule has 1 fully saturated rings. The molecule has 0 N–H and O–H groups in total. The predicted molar refractivity (Wildman–Crippen MR) is 114 cm³/mol. The zero-order valence-electron chi connectivity index (χ0n) is 17.2. The van der Waals surface area contributed by atoms with Crippen molar-refractivity contribution in [2.24, 2.45) is 0 Å². The maximum atomic E-state index is 13.1. The number of thioether (sulfide) groups is 1. The summed E-state index contributed by atoms with van der Waals surface area (Å²) < 4.78 is 26.6. The van der Waals surface area contributed by atoms with Gasteiger partial charge in [-0.05, 0) is 42.1 Å². The number of carbonyl (C=O) groups excluding carboxylic acids is 2. The van der Waals surface area contributed by atoms with Crippen LogP contribution in [-0.4, -0.2) is 46.7 Å². The molecule has 1 aliphatic rings. The lowest BCUT2D eigenvalue weighted by molar-refractivity contribution is -0.113. The Balaban J connectivity index is 2.03. The van der Waals surface area contributed by atoms with E-state index < -0.39 is 11.1 Å². The summed E-state index contributed by atoms with van der Waals surface area (Å²) in [5.74, 6) is 1.71. The zero-order chi connectivity index (χ0) is 21.8. The maximum Gasteiger partial charge on any atom is 0.298 e. The van der Waals surface area contributed by atoms with E-state index >= 15 is 0 Å². The number of ether oxygens (including phenoxy) is 5. The van der Waals surface area contributed by atoms with Gasteiger partial charge in [0.15, 0.2) is 11.5 Å². The van der Waals surface area contributed by atoms with Crippen LogP contribution in [0.2, 0.25) is 0 Å². The number of benzene rings is 2. The Labute approximate surface area is 178 Å². The van der Waals surface area contributed by atoms with Crippen LogP contribution >= 0.6 is 11.8 Å². The first-order valence-electron chi connectivity index (χ1n) is 8.78. The van der Waals surface area contributed by atoms with Crippen LogP contribution in [0.15, 0.2) is 35.2 Å². The van der Waals surface area contributed by atoms with Crippen LogP contribution in [0.3, 0.4) is 0 Å². The summed E-state index contributed by atoms with van der Waals surface area (Å²) in [4.78, 5) is 27.0. The topological polar surface area (TPSA) is 83.5 Å². The zero-order valence-corrected chi connectivity index (χ0v) is 18.0. The monoisotopic (exact) mass is 431 g/mol. The van der Waals surface area contributed by atoms with Gasteiger partial charge >= 0.3 is 0 Å². The minimum atomic E-state index is -0.467. The number of carbonyl (C=O) groups is 2. The van der Waals surface area contributed by atoms with E-state index in [9.17, 15) is 9.59 Å². The molecule has 0 radical (unpaired) electrons. The molecule has 0 aliphatic carbocycles. The maximum absolute atomic E-state index is 13.1. The largest absolute Gasteiger partial charge is 0.497 e. The van der Waals surface area contributed by atoms with E-state index in [0.29, 0.717) is 40.0 Å². The van der Waals surface area contributed by atoms with Gasteiger partial charge < -0.3 is 23.7 Å². The highest BCUT2D eigenvalue weighted by molar-refractivity contribution is 8.19. The van der Waals surface area contributed by atoms with Crippen LogP contribution in [0.4, 0.5) is 10.5 Å². The first kappa shape index (κ1) is 21.4. The number of methoxy groups -OCH3 is 5. The Morgan fingerprint density at radius 2 is 1.50 bits per heavy atom. The Morgan fingerprint density at radius 1 is 0.800 bits per heavy atom. The van der Waals surface area contributed by atoms with E-state index in [2.05, 4.69) is 0 Å². The number of hydrogen-bond donors (Lipinski definition) is 0. The molecule has 2 aromatic rings. The van der Waals surface area contributed by atoms with Crippen molar-refractivity contribution in [3.8, 4) is 28.7 Å². The van der Waals surface area contributed by atoms with Gasteiger partial charge in [-0.15, -0.1) is 0 Å². The fourth-order valence-corrected chi connectivity index (χ4v) is 3.85. The van der Waals surface area contributed by atoms with Crippen LogP contribution in [0.5, 0.6) is 28.7 Å². The van der Waals surface area contributed by atoms with Crippen molar-refractivity contribution >= 4 is 34.7 Å². The molecule has 0 spiro atoms. The molecule has 2 aromatic carbocycles. The summed E-state index contributed by atoms with van der Waals surface area (Å²) in [6, 6.07) is 8.29. The first-order valence-corrected chi connectivity index (χ1v) is 9.59. The fraction of sp³-hybridized carbons (Fsp3) is 0.238. The summed E-state index contributed by atoms with van der Waals surface area (Å²) in [6.45, 7) is 0. The number of imide groups is 1. The quantitative estimate of drug-likeness (QED) is 0.609. The molecule has 8 nitrogen and oxygen atoms in total. The summed E-state index contributed by atoms with van der Waals surface area (Å²) in [7, 11) is 7.48. The molecule has 0 unspecified atom stereocenters. The van der Waals surface area contributed by atoms with Crippen LogP contribution in [0, 0.1) is 0 Å². The van der Waals surface area contributed by atoms with Crippen molar-refractivity contribution in [3.05, 3.63) is 40.8 Å². The second-order valence-electron chi connectivity index (χ2n) is 5.98. The number of amides is 2. The standard InChI is InChI=1S/C21H21NO7S/c1-25-13-7-8-14(16(11-13)27-3)22-20(23)17(30-21(22)24)10-12-6-9-15(26-2)19(29-5)18(12)28-4/h6-11H,1-5H3/b17-10-. The predicted octanol–water partition coefficient (Wildman–Crippen LogP) is 3.97. The Bertz CT molecular complexity index is 1020. The molecule has 0 bridgehead atoms. The van der Waals surface area contributed by atoms with Gasteiger partial charge in [0, 0.05) is 11.6 Å². The van der Waals surface area contributed by atoms with Gasteiger partial charge in [0.05, 0.1) is 46.1 Å². The molecular formula is C21H21NO7S. The number of hydrogen-bond acceptors (Lipinski definition) is 8. The molecule has 1 aliphatic heterocycles. The molecule has 1 heterocycles. The molecule has 30 heavy (non-hydrogen) atoms. The average Bonchev–Trinajstić information content (AvgIpc) is 3.05. The lowest BCUT2D eigenvalue weighted by atomic mass is 10.1. The van der Waals surface area contributed by atoms with Gasteiger partial charge in [-0.2, -0.15) is 0 Å². The van der Waals surface area contributed by atoms with Crippen LogP contribution in [-0.2, 0) is 4.79 Å². The number of nitrogens with zero attached hydrogens (tertiary/aromatic N) is 1. The normalized spacial score (nSPS) is 14.8. The SMILES string of the molecule is COc1ccc(N2C(=O)S/C(=C\c3ccc(OC)c(OC)c3OC)C2=O)c(OC)c1. The minimum absolute atomic E-state index is 0.239. The summed E-state index contributed by atoms with van der Waals surface area (Å²) >= 11 is 0.827. The van der Waals surface area contributed by atoms with Crippen LogP contribution in [0.1, 0.15) is 5.56 Å². The van der Waals surface area contributed by atoms with Crippen LogP contribution in [0.25, 0.3) is 6.08 Å². The molecule has 158 valence electrons. The smallest absolute Gasteiger partial charge is 0.298 e. The molecule has 9 heteroatoms. The average molecular weight is 431 g/mol. The van der Waals surface area contributed by atoms with Gasteiger partial charge in [-0.1, -0.05) is 0 Å². The van der Waals surface area contributed by atoms with Crippen molar-refractivity contribution in [2.75, 3.05) is 40.4 Å². The lowest BCUT2D eigenvalue weighted by Gasteiger charge is -2.17. The highest BCUT2D eigenvalue weighted by atomic mass is 32.2. The molecule has 1 saturated heterocycles. The van der Waals surface area contributed by atoms with E-state index in [1.54, 1.807) is 36.4 Å². The fourth-order valence-electron chi connectivity index (χ4n) is 3.02. The van der Waals surface area contributed by atoms with Crippen molar-refractivity contribution in [2.45, 2.75) is 0 Å². The highest BCUT2D eigenvalue weighted by Crippen LogP contribution is 2.44. The van der Waals surface area contributed by atoms with E-state index in [0.717, 1.165) is 16.7 Å². The summed E-state index contributed by atoms with van der Waals surface area (Å²) in [5, 5.41) is -0.436. The second kappa shape index (κ2) is 9.00. The van der Waals surface area contributed by atoms with Crippen LogP contribution < -0.4 is 28.6 Å². The van der Waals surface area contributed by atoms with Gasteiger partial charge in [0.2, 0.25) is 5.75 Å². The molecule has 2 amide bonds. The third kappa shape index (κ3) is 3.76. The van der Waals surface area contributed by atoms with E-state index in [-0.39, 0.29) is 4.91 Å². The lowest BCUT2D eigenvalue weighted by Crippen LogP contribution is -2.28. The minimum Gasteiger partial charge on any atom is -0.497 e. The molecule has 0 saturated carbocycles. The van der Waals surface area contributed by atoms with Crippen molar-refractivity contribution < 1.29 is 33.3 Å². The van der Waals surface area contributed by atoms with Gasteiger partial charge in [0.25, 0.3) is 11.1 Å². The molecule has 3 rings (SSSR count). The molecule has 0 atom stereocenters. The molecular weight excluding hydrogens is 410 g/mol. The third-order valence-corrected chi connectivity index (χ3v) is 5.31. The first-order chi connectivity index (χ1) is 14.5. The van der Waals surface area contributed by atoms with Crippen molar-refractivity contribution in [3.63, 3.8) is 0 Å². The van der Waals surface area contributed by atoms with E-state index in [1.807, 2.05) is 0 Å². The third-order valence-electron chi connectivity index (χ3n) is 4.44.